The average molecular weight is 383 g/mol. The van der Waals surface area contributed by atoms with Crippen LogP contribution in [-0.4, -0.2) is 34.7 Å². The molecule has 0 unspecified atom stereocenters. The Labute approximate surface area is 169 Å². The van der Waals surface area contributed by atoms with Crippen LogP contribution in [0.25, 0.3) is 16.5 Å². The lowest BCUT2D eigenvalue weighted by Gasteiger charge is -2.26. The van der Waals surface area contributed by atoms with E-state index in [-0.39, 0.29) is 24.5 Å². The quantitative estimate of drug-likeness (QED) is 0.667. The van der Waals surface area contributed by atoms with Crippen LogP contribution in [0.1, 0.15) is 40.7 Å². The molecule has 4 rings (SSSR count). The summed E-state index contributed by atoms with van der Waals surface area (Å²) in [6.07, 6.45) is 4.94. The second-order valence-electron chi connectivity index (χ2n) is 7.18. The lowest BCUT2D eigenvalue weighted by molar-refractivity contribution is -0.130. The second kappa shape index (κ2) is 8.15. The third-order valence-corrected chi connectivity index (χ3v) is 5.38. The molecule has 29 heavy (non-hydrogen) atoms. The Morgan fingerprint density at radius 3 is 2.66 bits per heavy atom. The third-order valence-electron chi connectivity index (χ3n) is 5.38. The number of hydrogen-bond acceptors (Lipinski definition) is 3. The highest BCUT2D eigenvalue weighted by Gasteiger charge is 2.20. The molecule has 1 aromatic heterocycles. The fourth-order valence-electron chi connectivity index (χ4n) is 3.74. The monoisotopic (exact) mass is 383 g/mol. The summed E-state index contributed by atoms with van der Waals surface area (Å²) >= 11 is 0. The molecule has 0 radical (unpaired) electrons. The van der Waals surface area contributed by atoms with Crippen molar-refractivity contribution in [3.05, 3.63) is 77.5 Å². The zero-order valence-corrected chi connectivity index (χ0v) is 16.0. The third kappa shape index (κ3) is 3.97. The van der Waals surface area contributed by atoms with Gasteiger partial charge in [0, 0.05) is 48.6 Å². The fourth-order valence-corrected chi connectivity index (χ4v) is 3.74. The van der Waals surface area contributed by atoms with Gasteiger partial charge in [-0.05, 0) is 35.8 Å². The van der Waals surface area contributed by atoms with Crippen molar-refractivity contribution < 1.29 is 9.59 Å². The number of H-pyrrole nitrogens is 1. The number of nitrogens with zero attached hydrogens (tertiary/aromatic N) is 2. The first-order valence-corrected chi connectivity index (χ1v) is 9.72. The lowest BCUT2D eigenvalue weighted by atomic mass is 9.99. The Balaban J connectivity index is 1.37. The number of carbonyl (C=O) groups excluding carboxylic acids is 2. The Hall–Kier alpha value is -3.65. The molecule has 0 saturated carbocycles. The van der Waals surface area contributed by atoms with Gasteiger partial charge in [-0.2, -0.15) is 5.26 Å². The molecular weight excluding hydrogens is 362 g/mol. The number of ketones is 1. The molecule has 5 heteroatoms. The van der Waals surface area contributed by atoms with Gasteiger partial charge in [-0.3, -0.25) is 9.59 Å². The molecule has 1 aliphatic heterocycles. The highest BCUT2D eigenvalue weighted by atomic mass is 16.2. The van der Waals surface area contributed by atoms with E-state index in [2.05, 4.69) is 29.3 Å². The number of benzene rings is 2. The molecule has 3 aromatic rings. The highest BCUT2D eigenvalue weighted by Crippen LogP contribution is 2.24. The van der Waals surface area contributed by atoms with E-state index in [0.717, 1.165) is 17.3 Å². The van der Waals surface area contributed by atoms with Crippen molar-refractivity contribution in [3.63, 3.8) is 0 Å². The summed E-state index contributed by atoms with van der Waals surface area (Å²) in [5, 5.41) is 9.81. The molecule has 0 aliphatic carbocycles. The fraction of sp³-hybridized carbons (Fsp3) is 0.208. The van der Waals surface area contributed by atoms with Crippen LogP contribution in [0.5, 0.6) is 0 Å². The first-order valence-electron chi connectivity index (χ1n) is 9.72. The minimum absolute atomic E-state index is 0.000679. The Morgan fingerprint density at radius 2 is 1.93 bits per heavy atom. The summed E-state index contributed by atoms with van der Waals surface area (Å²) < 4.78 is 0. The van der Waals surface area contributed by atoms with Gasteiger partial charge < -0.3 is 9.88 Å². The van der Waals surface area contributed by atoms with Gasteiger partial charge in [0.1, 0.15) is 0 Å². The standard InChI is InChI=1S/C24H21N3O2/c25-15-17-6-7-22-20(14-17)21(16-26-22)23(28)8-9-24(29)27-12-10-19(11-13-27)18-4-2-1-3-5-18/h1-7,10,14,16,26H,8-9,11-13H2. The minimum atomic E-state index is -0.0859. The van der Waals surface area contributed by atoms with Gasteiger partial charge >= 0.3 is 0 Å². The Morgan fingerprint density at radius 1 is 1.10 bits per heavy atom. The number of nitriles is 1. The number of nitrogens with one attached hydrogen (secondary N) is 1. The van der Waals surface area contributed by atoms with Crippen molar-refractivity contribution in [2.24, 2.45) is 0 Å². The number of Topliss-reactive ketones (excluding diaryl/α,β-unsaturated/α-hetero) is 1. The second-order valence-corrected chi connectivity index (χ2v) is 7.18. The molecule has 2 aromatic carbocycles. The first-order chi connectivity index (χ1) is 14.2. The van der Waals surface area contributed by atoms with Crippen LogP contribution in [-0.2, 0) is 4.79 Å². The Bertz CT molecular complexity index is 1140. The van der Waals surface area contributed by atoms with E-state index in [1.165, 1.54) is 11.1 Å². The zero-order chi connectivity index (χ0) is 20.2. The van der Waals surface area contributed by atoms with E-state index < -0.39 is 0 Å². The van der Waals surface area contributed by atoms with Crippen molar-refractivity contribution in [2.45, 2.75) is 19.3 Å². The van der Waals surface area contributed by atoms with Crippen LogP contribution in [0.2, 0.25) is 0 Å². The van der Waals surface area contributed by atoms with Gasteiger partial charge in [-0.25, -0.2) is 0 Å². The van der Waals surface area contributed by atoms with Crippen molar-refractivity contribution in [2.75, 3.05) is 13.1 Å². The number of fused-ring (bicyclic) bond motifs is 1. The smallest absolute Gasteiger partial charge is 0.223 e. The molecule has 5 nitrogen and oxygen atoms in total. The van der Waals surface area contributed by atoms with Gasteiger partial charge in [-0.15, -0.1) is 0 Å². The molecule has 0 saturated heterocycles. The summed E-state index contributed by atoms with van der Waals surface area (Å²) in [5.41, 5.74) is 4.32. The maximum atomic E-state index is 12.7. The predicted molar refractivity (Wildman–Crippen MR) is 112 cm³/mol. The van der Waals surface area contributed by atoms with E-state index >= 15 is 0 Å². The van der Waals surface area contributed by atoms with Crippen molar-refractivity contribution in [1.29, 1.82) is 5.26 Å². The molecule has 0 atom stereocenters. The first kappa shape index (κ1) is 18.7. The van der Waals surface area contributed by atoms with Crippen LogP contribution >= 0.6 is 0 Å². The van der Waals surface area contributed by atoms with Gasteiger partial charge in [0.05, 0.1) is 11.6 Å². The highest BCUT2D eigenvalue weighted by molar-refractivity contribution is 6.08. The maximum absolute atomic E-state index is 12.7. The van der Waals surface area contributed by atoms with E-state index in [4.69, 9.17) is 5.26 Å². The maximum Gasteiger partial charge on any atom is 0.223 e. The average Bonchev–Trinajstić information content (AvgIpc) is 3.21. The van der Waals surface area contributed by atoms with Gasteiger partial charge in [0.2, 0.25) is 5.91 Å². The van der Waals surface area contributed by atoms with Crippen LogP contribution in [0, 0.1) is 11.3 Å². The number of hydrogen-bond donors (Lipinski definition) is 1. The summed E-state index contributed by atoms with van der Waals surface area (Å²) in [7, 11) is 0. The van der Waals surface area contributed by atoms with Gasteiger partial charge in [0.15, 0.2) is 5.78 Å². The molecule has 0 spiro atoms. The largest absolute Gasteiger partial charge is 0.360 e. The number of aromatic amines is 1. The van der Waals surface area contributed by atoms with Crippen LogP contribution in [0.15, 0.2) is 60.8 Å². The van der Waals surface area contributed by atoms with E-state index in [1.54, 1.807) is 24.4 Å². The van der Waals surface area contributed by atoms with Crippen molar-refractivity contribution in [1.82, 2.24) is 9.88 Å². The van der Waals surface area contributed by atoms with Crippen molar-refractivity contribution in [3.8, 4) is 6.07 Å². The summed E-state index contributed by atoms with van der Waals surface area (Å²) in [5.74, 6) is -0.0866. The van der Waals surface area contributed by atoms with Crippen LogP contribution in [0.4, 0.5) is 0 Å². The number of carbonyl (C=O) groups is 2. The van der Waals surface area contributed by atoms with E-state index in [0.29, 0.717) is 24.2 Å². The molecular formula is C24H21N3O2. The molecule has 1 amide bonds. The molecule has 0 fully saturated rings. The number of rotatable bonds is 5. The molecule has 144 valence electrons. The summed E-state index contributed by atoms with van der Waals surface area (Å²) in [4.78, 5) is 30.1. The number of aromatic nitrogens is 1. The summed E-state index contributed by atoms with van der Waals surface area (Å²) in [6, 6.07) is 17.5. The molecule has 1 aliphatic rings. The lowest BCUT2D eigenvalue weighted by Crippen LogP contribution is -2.34. The minimum Gasteiger partial charge on any atom is -0.360 e. The van der Waals surface area contributed by atoms with Gasteiger partial charge in [0.25, 0.3) is 0 Å². The van der Waals surface area contributed by atoms with Crippen LogP contribution < -0.4 is 0 Å². The zero-order valence-electron chi connectivity index (χ0n) is 16.0. The number of amides is 1. The van der Waals surface area contributed by atoms with E-state index in [9.17, 15) is 9.59 Å². The Kier molecular flexibility index (Phi) is 5.26. The van der Waals surface area contributed by atoms with Crippen LogP contribution in [0.3, 0.4) is 0 Å². The van der Waals surface area contributed by atoms with E-state index in [1.807, 2.05) is 23.1 Å². The molecule has 0 bridgehead atoms. The topological polar surface area (TPSA) is 77.0 Å². The molecule has 1 N–H and O–H groups in total. The van der Waals surface area contributed by atoms with Gasteiger partial charge in [-0.1, -0.05) is 36.4 Å². The predicted octanol–water partition coefficient (Wildman–Crippen LogP) is 4.32. The SMILES string of the molecule is N#Cc1ccc2[nH]cc(C(=O)CCC(=O)N3CC=C(c4ccccc4)CC3)c2c1. The normalized spacial score (nSPS) is 13.8. The van der Waals surface area contributed by atoms with Crippen molar-refractivity contribution >= 4 is 28.2 Å². The molecule has 2 heterocycles. The summed E-state index contributed by atoms with van der Waals surface area (Å²) in [6.45, 7) is 1.25.